The molecule has 0 spiro atoms. The summed E-state index contributed by atoms with van der Waals surface area (Å²) in [4.78, 5) is 13.4. The summed E-state index contributed by atoms with van der Waals surface area (Å²) in [7, 11) is 0. The second-order valence-electron chi connectivity index (χ2n) is 4.81. The van der Waals surface area contributed by atoms with Crippen LogP contribution in [0.3, 0.4) is 0 Å². The second kappa shape index (κ2) is 11.8. The van der Waals surface area contributed by atoms with Gasteiger partial charge in [0, 0.05) is 26.1 Å². The summed E-state index contributed by atoms with van der Waals surface area (Å²) in [5.74, 6) is -0.533. The first kappa shape index (κ1) is 24.6. The normalized spacial score (nSPS) is 20.5. The maximum absolute atomic E-state index is 12.9. The van der Waals surface area contributed by atoms with E-state index >= 15 is 0 Å². The third-order valence-electron chi connectivity index (χ3n) is 3.32. The molecule has 0 saturated carbocycles. The molecule has 5 nitrogen and oxygen atoms in total. The standard InChI is InChI=1S/C14H20FN3O2.3ClH/c1-2-12(19)20-14-13(16)18(8-7-17-14)9-10-3-5-11(15)6-4-10;;;/h3-6,13-14,17H,2,7-9,16H2,1H3;3*1H/t13-,14?;;;/m0.../s1. The highest BCUT2D eigenvalue weighted by molar-refractivity contribution is 5.86. The van der Waals surface area contributed by atoms with Gasteiger partial charge < -0.3 is 10.5 Å². The lowest BCUT2D eigenvalue weighted by molar-refractivity contribution is -0.157. The molecule has 0 aromatic heterocycles. The SMILES string of the molecule is CCC(=O)OC1NCCN(Cc2ccc(F)cc2)[C@@H]1N.Cl.Cl.Cl. The van der Waals surface area contributed by atoms with Gasteiger partial charge in [-0.15, -0.1) is 37.2 Å². The van der Waals surface area contributed by atoms with E-state index in [1.54, 1.807) is 19.1 Å². The van der Waals surface area contributed by atoms with Gasteiger partial charge in [0.05, 0.1) is 0 Å². The lowest BCUT2D eigenvalue weighted by Gasteiger charge is -2.38. The van der Waals surface area contributed by atoms with E-state index < -0.39 is 12.4 Å². The summed E-state index contributed by atoms with van der Waals surface area (Å²) in [5.41, 5.74) is 7.09. The smallest absolute Gasteiger partial charge is 0.307 e. The molecule has 2 atom stereocenters. The topological polar surface area (TPSA) is 67.6 Å². The third-order valence-corrected chi connectivity index (χ3v) is 3.32. The van der Waals surface area contributed by atoms with Crippen molar-refractivity contribution in [3.05, 3.63) is 35.6 Å². The molecule has 134 valence electrons. The molecule has 1 aliphatic heterocycles. The zero-order chi connectivity index (χ0) is 14.5. The van der Waals surface area contributed by atoms with Gasteiger partial charge in [-0.25, -0.2) is 4.39 Å². The van der Waals surface area contributed by atoms with Crippen molar-refractivity contribution in [2.24, 2.45) is 5.73 Å². The Kier molecular flexibility index (Phi) is 12.7. The number of benzene rings is 1. The molecule has 1 aromatic carbocycles. The number of hydrogen-bond donors (Lipinski definition) is 2. The number of esters is 1. The fraction of sp³-hybridized carbons (Fsp3) is 0.500. The number of rotatable bonds is 4. The largest absolute Gasteiger partial charge is 0.443 e. The van der Waals surface area contributed by atoms with Gasteiger partial charge in [-0.2, -0.15) is 0 Å². The summed E-state index contributed by atoms with van der Waals surface area (Å²) < 4.78 is 18.1. The number of nitrogens with one attached hydrogen (secondary N) is 1. The zero-order valence-electron chi connectivity index (χ0n) is 12.7. The number of carbonyl (C=O) groups excluding carboxylic acids is 1. The maximum Gasteiger partial charge on any atom is 0.307 e. The van der Waals surface area contributed by atoms with E-state index in [9.17, 15) is 9.18 Å². The molecule has 23 heavy (non-hydrogen) atoms. The Morgan fingerprint density at radius 1 is 1.35 bits per heavy atom. The van der Waals surface area contributed by atoms with E-state index in [2.05, 4.69) is 5.32 Å². The Balaban J connectivity index is 0. The molecule has 1 unspecified atom stereocenters. The minimum atomic E-state index is -0.503. The van der Waals surface area contributed by atoms with Gasteiger partial charge >= 0.3 is 5.97 Å². The summed E-state index contributed by atoms with van der Waals surface area (Å²) in [6, 6.07) is 6.32. The Morgan fingerprint density at radius 3 is 2.52 bits per heavy atom. The molecular formula is C14H23Cl3FN3O2. The molecule has 3 N–H and O–H groups in total. The lowest BCUT2D eigenvalue weighted by Crippen LogP contribution is -2.62. The van der Waals surface area contributed by atoms with Crippen molar-refractivity contribution < 1.29 is 13.9 Å². The van der Waals surface area contributed by atoms with Crippen molar-refractivity contribution in [3.63, 3.8) is 0 Å². The van der Waals surface area contributed by atoms with Crippen LogP contribution in [-0.2, 0) is 16.1 Å². The van der Waals surface area contributed by atoms with Crippen molar-refractivity contribution in [3.8, 4) is 0 Å². The van der Waals surface area contributed by atoms with Gasteiger partial charge in [-0.3, -0.25) is 15.0 Å². The van der Waals surface area contributed by atoms with Crippen LogP contribution in [0.2, 0.25) is 0 Å². The number of halogens is 4. The monoisotopic (exact) mass is 389 g/mol. The van der Waals surface area contributed by atoms with Gasteiger partial charge in [0.2, 0.25) is 0 Å². The van der Waals surface area contributed by atoms with E-state index in [1.165, 1.54) is 12.1 Å². The summed E-state index contributed by atoms with van der Waals surface area (Å²) in [6.45, 7) is 3.78. The highest BCUT2D eigenvalue weighted by Gasteiger charge is 2.30. The van der Waals surface area contributed by atoms with Crippen molar-refractivity contribution in [2.45, 2.75) is 32.3 Å². The Morgan fingerprint density at radius 2 is 1.96 bits per heavy atom. The van der Waals surface area contributed by atoms with Crippen molar-refractivity contribution in [1.29, 1.82) is 0 Å². The molecule has 2 rings (SSSR count). The number of hydrogen-bond acceptors (Lipinski definition) is 5. The summed E-state index contributed by atoms with van der Waals surface area (Å²) >= 11 is 0. The van der Waals surface area contributed by atoms with Crippen LogP contribution in [0.1, 0.15) is 18.9 Å². The predicted octanol–water partition coefficient (Wildman–Crippen LogP) is 2.06. The number of nitrogens with two attached hydrogens (primary N) is 1. The molecule has 1 aromatic rings. The predicted molar refractivity (Wildman–Crippen MR) is 94.7 cm³/mol. The zero-order valence-corrected chi connectivity index (χ0v) is 15.2. The van der Waals surface area contributed by atoms with E-state index in [4.69, 9.17) is 10.5 Å². The van der Waals surface area contributed by atoms with Crippen LogP contribution in [-0.4, -0.2) is 36.4 Å². The minimum Gasteiger partial charge on any atom is -0.443 e. The average molecular weight is 391 g/mol. The molecule has 0 aliphatic carbocycles. The first-order valence-corrected chi connectivity index (χ1v) is 6.77. The van der Waals surface area contributed by atoms with E-state index in [0.29, 0.717) is 19.5 Å². The van der Waals surface area contributed by atoms with Gasteiger partial charge in [-0.05, 0) is 17.7 Å². The van der Waals surface area contributed by atoms with E-state index in [1.807, 2.05) is 4.90 Å². The fourth-order valence-corrected chi connectivity index (χ4v) is 2.16. The number of nitrogens with zero attached hydrogens (tertiary/aromatic N) is 1. The van der Waals surface area contributed by atoms with Crippen LogP contribution in [0, 0.1) is 5.82 Å². The van der Waals surface area contributed by atoms with Crippen LogP contribution in [0.15, 0.2) is 24.3 Å². The third kappa shape index (κ3) is 7.20. The highest BCUT2D eigenvalue weighted by atomic mass is 35.5. The Labute approximate surface area is 154 Å². The quantitative estimate of drug-likeness (QED) is 0.770. The van der Waals surface area contributed by atoms with Crippen LogP contribution < -0.4 is 11.1 Å². The van der Waals surface area contributed by atoms with E-state index in [0.717, 1.165) is 12.1 Å². The lowest BCUT2D eigenvalue weighted by atomic mass is 10.1. The summed E-state index contributed by atoms with van der Waals surface area (Å²) in [6.07, 6.45) is -0.594. The minimum absolute atomic E-state index is 0. The molecule has 0 amide bonds. The fourth-order valence-electron chi connectivity index (χ4n) is 2.16. The molecule has 0 bridgehead atoms. The first-order valence-electron chi connectivity index (χ1n) is 6.77. The van der Waals surface area contributed by atoms with E-state index in [-0.39, 0.29) is 49.0 Å². The second-order valence-corrected chi connectivity index (χ2v) is 4.81. The van der Waals surface area contributed by atoms with Crippen molar-refractivity contribution >= 4 is 43.2 Å². The molecule has 1 heterocycles. The Bertz CT molecular complexity index is 465. The van der Waals surface area contributed by atoms with Crippen LogP contribution in [0.4, 0.5) is 4.39 Å². The average Bonchev–Trinajstić information content (AvgIpc) is 2.45. The highest BCUT2D eigenvalue weighted by Crippen LogP contribution is 2.13. The van der Waals surface area contributed by atoms with Gasteiger partial charge in [0.25, 0.3) is 0 Å². The van der Waals surface area contributed by atoms with Crippen LogP contribution in [0.25, 0.3) is 0 Å². The number of piperazine rings is 1. The number of ether oxygens (including phenoxy) is 1. The van der Waals surface area contributed by atoms with Crippen molar-refractivity contribution in [1.82, 2.24) is 10.2 Å². The van der Waals surface area contributed by atoms with Gasteiger partial charge in [0.1, 0.15) is 12.0 Å². The first-order chi connectivity index (χ1) is 9.60. The molecular weight excluding hydrogens is 368 g/mol. The number of carbonyl (C=O) groups is 1. The van der Waals surface area contributed by atoms with Crippen molar-refractivity contribution in [2.75, 3.05) is 13.1 Å². The Hall–Kier alpha value is -0.630. The van der Waals surface area contributed by atoms with Crippen LogP contribution >= 0.6 is 37.2 Å². The maximum atomic E-state index is 12.9. The van der Waals surface area contributed by atoms with Crippen LogP contribution in [0.5, 0.6) is 0 Å². The van der Waals surface area contributed by atoms with Gasteiger partial charge in [0.15, 0.2) is 6.23 Å². The van der Waals surface area contributed by atoms with Gasteiger partial charge in [-0.1, -0.05) is 19.1 Å². The molecule has 0 radical (unpaired) electrons. The molecule has 1 saturated heterocycles. The summed E-state index contributed by atoms with van der Waals surface area (Å²) in [5, 5.41) is 3.09. The molecule has 1 aliphatic rings. The molecule has 1 fully saturated rings. The molecule has 9 heteroatoms.